The van der Waals surface area contributed by atoms with Crippen molar-refractivity contribution in [2.45, 2.75) is 25.3 Å². The first-order valence-corrected chi connectivity index (χ1v) is 12.9. The van der Waals surface area contributed by atoms with E-state index >= 15 is 0 Å². The van der Waals surface area contributed by atoms with Gasteiger partial charge in [0.25, 0.3) is 15.9 Å². The molecule has 4 aromatic rings. The SMILES string of the molecule is COC(=O)Cn1c(=NC(=O)c2ccccc2NS(=O)(=O)c2ccc(C)cc2)sc2cccc(C)c21. The molecule has 0 spiro atoms. The Balaban J connectivity index is 1.77. The molecule has 0 saturated carbocycles. The van der Waals surface area contributed by atoms with Crippen molar-refractivity contribution in [1.82, 2.24) is 4.57 Å². The number of esters is 1. The number of aryl methyl sites for hydroxylation is 2. The van der Waals surface area contributed by atoms with E-state index in [2.05, 4.69) is 9.71 Å². The average molecular weight is 510 g/mol. The number of sulfonamides is 1. The predicted molar refractivity (Wildman–Crippen MR) is 135 cm³/mol. The number of para-hydroxylation sites is 2. The van der Waals surface area contributed by atoms with Crippen molar-refractivity contribution in [3.8, 4) is 0 Å². The summed E-state index contributed by atoms with van der Waals surface area (Å²) >= 11 is 1.26. The highest BCUT2D eigenvalue weighted by molar-refractivity contribution is 7.92. The Bertz CT molecular complexity index is 1600. The molecule has 0 aliphatic rings. The van der Waals surface area contributed by atoms with Crippen LogP contribution in [0.5, 0.6) is 0 Å². The lowest BCUT2D eigenvalue weighted by atomic mass is 10.2. The van der Waals surface area contributed by atoms with Crippen LogP contribution in [-0.4, -0.2) is 32.0 Å². The summed E-state index contributed by atoms with van der Waals surface area (Å²) in [6.45, 7) is 3.65. The number of fused-ring (bicyclic) bond motifs is 1. The quantitative estimate of drug-likeness (QED) is 0.395. The van der Waals surface area contributed by atoms with Crippen molar-refractivity contribution >= 4 is 49.1 Å². The number of ether oxygens (including phenoxy) is 1. The molecule has 1 amide bonds. The molecule has 0 fully saturated rings. The molecule has 4 rings (SSSR count). The number of hydrogen-bond donors (Lipinski definition) is 1. The van der Waals surface area contributed by atoms with E-state index in [0.717, 1.165) is 21.3 Å². The van der Waals surface area contributed by atoms with Crippen molar-refractivity contribution in [2.75, 3.05) is 11.8 Å². The first-order chi connectivity index (χ1) is 16.7. The predicted octanol–water partition coefficient (Wildman–Crippen LogP) is 4.03. The van der Waals surface area contributed by atoms with Crippen LogP contribution in [0.1, 0.15) is 21.5 Å². The van der Waals surface area contributed by atoms with Gasteiger partial charge in [-0.1, -0.05) is 53.3 Å². The summed E-state index contributed by atoms with van der Waals surface area (Å²) < 4.78 is 35.6. The Kier molecular flexibility index (Phi) is 6.86. The van der Waals surface area contributed by atoms with Crippen molar-refractivity contribution in [2.24, 2.45) is 4.99 Å². The second-order valence-corrected chi connectivity index (χ2v) is 10.5. The van der Waals surface area contributed by atoms with Crippen LogP contribution < -0.4 is 9.52 Å². The van der Waals surface area contributed by atoms with E-state index in [1.54, 1.807) is 28.8 Å². The van der Waals surface area contributed by atoms with Crippen LogP contribution in [0, 0.1) is 13.8 Å². The van der Waals surface area contributed by atoms with Gasteiger partial charge >= 0.3 is 5.97 Å². The Morgan fingerprint density at radius 3 is 2.43 bits per heavy atom. The van der Waals surface area contributed by atoms with Crippen LogP contribution in [0.3, 0.4) is 0 Å². The number of anilines is 1. The molecule has 0 aliphatic carbocycles. The zero-order valence-corrected chi connectivity index (χ0v) is 20.9. The minimum Gasteiger partial charge on any atom is -0.468 e. The number of rotatable bonds is 6. The normalized spacial score (nSPS) is 12.0. The molecule has 0 bridgehead atoms. The van der Waals surface area contributed by atoms with Gasteiger partial charge in [0.1, 0.15) is 6.54 Å². The van der Waals surface area contributed by atoms with Gasteiger partial charge < -0.3 is 9.30 Å². The molecule has 180 valence electrons. The number of carbonyl (C=O) groups is 2. The number of nitrogens with one attached hydrogen (secondary N) is 1. The fourth-order valence-electron chi connectivity index (χ4n) is 3.56. The van der Waals surface area contributed by atoms with Gasteiger partial charge in [0, 0.05) is 0 Å². The van der Waals surface area contributed by atoms with E-state index in [1.165, 1.54) is 42.7 Å². The van der Waals surface area contributed by atoms with Crippen LogP contribution in [0.2, 0.25) is 0 Å². The maximum atomic E-state index is 13.2. The molecule has 1 aromatic heterocycles. The summed E-state index contributed by atoms with van der Waals surface area (Å²) in [5.74, 6) is -1.12. The van der Waals surface area contributed by atoms with Crippen LogP contribution in [0.15, 0.2) is 76.6 Å². The van der Waals surface area contributed by atoms with E-state index in [1.807, 2.05) is 32.0 Å². The van der Waals surface area contributed by atoms with Gasteiger partial charge in [0.2, 0.25) is 0 Å². The van der Waals surface area contributed by atoms with Crippen LogP contribution in [-0.2, 0) is 26.1 Å². The maximum absolute atomic E-state index is 13.2. The van der Waals surface area contributed by atoms with Crippen LogP contribution in [0.25, 0.3) is 10.2 Å². The maximum Gasteiger partial charge on any atom is 0.325 e. The lowest BCUT2D eigenvalue weighted by molar-refractivity contribution is -0.141. The number of nitrogens with zero attached hydrogens (tertiary/aromatic N) is 2. The fraction of sp³-hybridized carbons (Fsp3) is 0.160. The molecule has 35 heavy (non-hydrogen) atoms. The minimum atomic E-state index is -3.92. The minimum absolute atomic E-state index is 0.0817. The molecule has 10 heteroatoms. The molecule has 0 radical (unpaired) electrons. The van der Waals surface area contributed by atoms with E-state index < -0.39 is 21.9 Å². The molecule has 0 saturated heterocycles. The molecule has 0 atom stereocenters. The highest BCUT2D eigenvalue weighted by atomic mass is 32.2. The summed E-state index contributed by atoms with van der Waals surface area (Å²) in [6.07, 6.45) is 0. The lowest BCUT2D eigenvalue weighted by Crippen LogP contribution is -2.23. The van der Waals surface area contributed by atoms with Crippen LogP contribution in [0.4, 0.5) is 5.69 Å². The molecule has 8 nitrogen and oxygen atoms in total. The number of aromatic nitrogens is 1. The largest absolute Gasteiger partial charge is 0.468 e. The lowest BCUT2D eigenvalue weighted by Gasteiger charge is -2.11. The highest BCUT2D eigenvalue weighted by Gasteiger charge is 2.19. The molecule has 0 aliphatic heterocycles. The van der Waals surface area contributed by atoms with Gasteiger partial charge in [-0.3, -0.25) is 14.3 Å². The fourth-order valence-corrected chi connectivity index (χ4v) is 5.75. The molecule has 0 unspecified atom stereocenters. The zero-order valence-electron chi connectivity index (χ0n) is 19.3. The third-order valence-corrected chi connectivity index (χ3v) is 7.77. The Labute approximate surface area is 206 Å². The molecule has 3 aromatic carbocycles. The van der Waals surface area contributed by atoms with Gasteiger partial charge in [-0.25, -0.2) is 8.42 Å². The third-order valence-electron chi connectivity index (χ3n) is 5.35. The molecular weight excluding hydrogens is 486 g/mol. The molecular formula is C25H23N3O5S2. The topological polar surface area (TPSA) is 107 Å². The summed E-state index contributed by atoms with van der Waals surface area (Å²) in [4.78, 5) is 30.0. The average Bonchev–Trinajstić information content (AvgIpc) is 3.17. The van der Waals surface area contributed by atoms with Crippen molar-refractivity contribution in [1.29, 1.82) is 0 Å². The third kappa shape index (κ3) is 5.18. The zero-order chi connectivity index (χ0) is 25.2. The van der Waals surface area contributed by atoms with Gasteiger partial charge in [-0.05, 0) is 49.7 Å². The highest BCUT2D eigenvalue weighted by Crippen LogP contribution is 2.23. The monoisotopic (exact) mass is 509 g/mol. The van der Waals surface area contributed by atoms with Crippen molar-refractivity contribution in [3.05, 3.63) is 88.2 Å². The second-order valence-electron chi connectivity index (χ2n) is 7.85. The number of hydrogen-bond acceptors (Lipinski definition) is 6. The standard InChI is InChI=1S/C25H23N3O5S2/c1-16-11-13-18(14-12-16)35(31,32)27-20-9-5-4-8-19(20)24(30)26-25-28(15-22(29)33-3)23-17(2)7-6-10-21(23)34-25/h4-14,27H,15H2,1-3H3. The van der Waals surface area contributed by atoms with Gasteiger partial charge in [0.05, 0.1) is 33.5 Å². The second kappa shape index (κ2) is 9.85. The van der Waals surface area contributed by atoms with Crippen molar-refractivity contribution < 1.29 is 22.7 Å². The number of benzene rings is 3. The summed E-state index contributed by atoms with van der Waals surface area (Å²) in [6, 6.07) is 18.3. The number of thiazole rings is 1. The van der Waals surface area contributed by atoms with E-state index in [-0.39, 0.29) is 22.7 Å². The number of carbonyl (C=O) groups excluding carboxylic acids is 2. The summed E-state index contributed by atoms with van der Waals surface area (Å²) in [5, 5.41) is 0. The van der Waals surface area contributed by atoms with E-state index in [0.29, 0.717) is 4.80 Å². The first-order valence-electron chi connectivity index (χ1n) is 10.6. The van der Waals surface area contributed by atoms with Crippen LogP contribution >= 0.6 is 11.3 Å². The summed E-state index contributed by atoms with van der Waals surface area (Å²) in [7, 11) is -2.63. The number of amides is 1. The Morgan fingerprint density at radius 2 is 1.71 bits per heavy atom. The Morgan fingerprint density at radius 1 is 1.00 bits per heavy atom. The van der Waals surface area contributed by atoms with E-state index in [4.69, 9.17) is 4.74 Å². The smallest absolute Gasteiger partial charge is 0.325 e. The van der Waals surface area contributed by atoms with Gasteiger partial charge in [0.15, 0.2) is 4.80 Å². The Hall–Kier alpha value is -3.76. The van der Waals surface area contributed by atoms with Crippen molar-refractivity contribution in [3.63, 3.8) is 0 Å². The summed E-state index contributed by atoms with van der Waals surface area (Å²) in [5.41, 5.74) is 2.82. The van der Waals surface area contributed by atoms with E-state index in [9.17, 15) is 18.0 Å². The number of methoxy groups -OCH3 is 1. The van der Waals surface area contributed by atoms with Gasteiger partial charge in [-0.15, -0.1) is 0 Å². The van der Waals surface area contributed by atoms with Gasteiger partial charge in [-0.2, -0.15) is 4.99 Å². The first kappa shape index (κ1) is 24.4. The molecule has 1 N–H and O–H groups in total. The molecule has 1 heterocycles.